The van der Waals surface area contributed by atoms with Crippen molar-refractivity contribution in [2.75, 3.05) is 13.2 Å². The number of carbonyl (C=O) groups is 2. The van der Waals surface area contributed by atoms with Crippen LogP contribution in [0.25, 0.3) is 6.08 Å². The second-order valence-corrected chi connectivity index (χ2v) is 5.12. The Morgan fingerprint density at radius 3 is 2.21 bits per heavy atom. The highest BCUT2D eigenvalue weighted by molar-refractivity contribution is 6.05. The standard InChI is InChI=1S/C19H20N2O3/c22-13-7-12-20-19(24)17(14-15-8-3-1-4-9-15)21-18(23)16-10-5-2-6-11-16/h1-6,8-11,14,22H,7,12-13H2,(H,20,24)(H,21,23). The first-order valence-corrected chi connectivity index (χ1v) is 7.73. The molecule has 0 fully saturated rings. The normalized spacial score (nSPS) is 11.0. The van der Waals surface area contributed by atoms with Crippen LogP contribution in [0, 0.1) is 0 Å². The summed E-state index contributed by atoms with van der Waals surface area (Å²) in [7, 11) is 0. The van der Waals surface area contributed by atoms with Gasteiger partial charge in [-0.1, -0.05) is 48.5 Å². The lowest BCUT2D eigenvalue weighted by atomic mass is 10.1. The van der Waals surface area contributed by atoms with Crippen LogP contribution in [-0.2, 0) is 4.79 Å². The van der Waals surface area contributed by atoms with Gasteiger partial charge in [0.1, 0.15) is 5.70 Å². The van der Waals surface area contributed by atoms with Crippen molar-refractivity contribution < 1.29 is 14.7 Å². The number of carbonyl (C=O) groups excluding carboxylic acids is 2. The van der Waals surface area contributed by atoms with Crippen LogP contribution in [0.2, 0.25) is 0 Å². The molecule has 0 bridgehead atoms. The molecule has 0 aromatic heterocycles. The van der Waals surface area contributed by atoms with Crippen molar-refractivity contribution in [3.8, 4) is 0 Å². The first kappa shape index (κ1) is 17.4. The summed E-state index contributed by atoms with van der Waals surface area (Å²) in [5.74, 6) is -0.744. The van der Waals surface area contributed by atoms with E-state index in [-0.39, 0.29) is 18.2 Å². The summed E-state index contributed by atoms with van der Waals surface area (Å²) in [6, 6.07) is 18.0. The smallest absolute Gasteiger partial charge is 0.267 e. The van der Waals surface area contributed by atoms with Gasteiger partial charge in [-0.05, 0) is 30.2 Å². The Balaban J connectivity index is 2.17. The number of rotatable bonds is 7. The van der Waals surface area contributed by atoms with E-state index in [0.717, 1.165) is 5.56 Å². The molecule has 0 spiro atoms. The Morgan fingerprint density at radius 1 is 0.958 bits per heavy atom. The summed E-state index contributed by atoms with van der Waals surface area (Å²) in [5.41, 5.74) is 1.44. The third kappa shape index (κ3) is 5.37. The minimum atomic E-state index is -0.392. The molecule has 2 aromatic carbocycles. The molecule has 2 amide bonds. The van der Waals surface area contributed by atoms with Crippen molar-refractivity contribution in [3.05, 3.63) is 77.5 Å². The predicted molar refractivity (Wildman–Crippen MR) is 93.0 cm³/mol. The average molecular weight is 324 g/mol. The van der Waals surface area contributed by atoms with E-state index < -0.39 is 5.91 Å². The van der Waals surface area contributed by atoms with Gasteiger partial charge in [-0.3, -0.25) is 9.59 Å². The molecule has 3 N–H and O–H groups in total. The van der Waals surface area contributed by atoms with Gasteiger partial charge in [-0.25, -0.2) is 0 Å². The molecule has 2 rings (SSSR count). The molecule has 0 atom stereocenters. The van der Waals surface area contributed by atoms with E-state index in [0.29, 0.717) is 18.5 Å². The molecular weight excluding hydrogens is 304 g/mol. The lowest BCUT2D eigenvalue weighted by Gasteiger charge is -2.11. The van der Waals surface area contributed by atoms with Crippen LogP contribution in [-0.4, -0.2) is 30.1 Å². The van der Waals surface area contributed by atoms with E-state index in [1.165, 1.54) is 0 Å². The first-order valence-electron chi connectivity index (χ1n) is 7.73. The SMILES string of the molecule is O=C(NCCCO)C(=Cc1ccccc1)NC(=O)c1ccccc1. The zero-order valence-electron chi connectivity index (χ0n) is 13.2. The molecule has 2 aromatic rings. The first-order chi connectivity index (χ1) is 11.7. The number of hydrogen-bond acceptors (Lipinski definition) is 3. The molecule has 0 unspecified atom stereocenters. The molecule has 0 radical (unpaired) electrons. The fourth-order valence-corrected chi connectivity index (χ4v) is 2.03. The molecule has 0 heterocycles. The summed E-state index contributed by atoms with van der Waals surface area (Å²) in [4.78, 5) is 24.6. The van der Waals surface area contributed by atoms with Crippen LogP contribution in [0.3, 0.4) is 0 Å². The van der Waals surface area contributed by atoms with Gasteiger partial charge in [0.2, 0.25) is 0 Å². The average Bonchev–Trinajstić information content (AvgIpc) is 2.63. The molecule has 0 aliphatic carbocycles. The summed E-state index contributed by atoms with van der Waals surface area (Å²) in [5, 5.41) is 14.1. The van der Waals surface area contributed by atoms with Crippen molar-refractivity contribution in [3.63, 3.8) is 0 Å². The maximum Gasteiger partial charge on any atom is 0.267 e. The molecular formula is C19H20N2O3. The maximum absolute atomic E-state index is 12.3. The number of amides is 2. The van der Waals surface area contributed by atoms with E-state index in [2.05, 4.69) is 10.6 Å². The second kappa shape index (κ2) is 9.27. The number of aliphatic hydroxyl groups is 1. The molecule has 5 nitrogen and oxygen atoms in total. The fraction of sp³-hybridized carbons (Fsp3) is 0.158. The van der Waals surface area contributed by atoms with E-state index in [4.69, 9.17) is 5.11 Å². The minimum absolute atomic E-state index is 0.00557. The van der Waals surface area contributed by atoms with Crippen LogP contribution in [0.15, 0.2) is 66.4 Å². The Morgan fingerprint density at radius 2 is 1.58 bits per heavy atom. The topological polar surface area (TPSA) is 78.4 Å². The van der Waals surface area contributed by atoms with Gasteiger partial charge in [0, 0.05) is 18.7 Å². The summed E-state index contributed by atoms with van der Waals surface area (Å²) >= 11 is 0. The Bertz CT molecular complexity index is 697. The Kier molecular flexibility index (Phi) is 6.73. The van der Waals surface area contributed by atoms with Gasteiger partial charge in [0.05, 0.1) is 0 Å². The molecule has 0 aliphatic rings. The lowest BCUT2D eigenvalue weighted by molar-refractivity contribution is -0.117. The molecule has 0 saturated carbocycles. The zero-order chi connectivity index (χ0) is 17.2. The van der Waals surface area contributed by atoms with Crippen molar-refractivity contribution >= 4 is 17.9 Å². The number of nitrogens with one attached hydrogen (secondary N) is 2. The Hall–Kier alpha value is -2.92. The molecule has 0 aliphatic heterocycles. The number of benzene rings is 2. The molecule has 24 heavy (non-hydrogen) atoms. The van der Waals surface area contributed by atoms with E-state index in [1.807, 2.05) is 36.4 Å². The highest BCUT2D eigenvalue weighted by Crippen LogP contribution is 2.07. The van der Waals surface area contributed by atoms with Crippen molar-refractivity contribution in [2.24, 2.45) is 0 Å². The molecule has 5 heteroatoms. The highest BCUT2D eigenvalue weighted by Gasteiger charge is 2.14. The van der Waals surface area contributed by atoms with Crippen molar-refractivity contribution in [1.29, 1.82) is 0 Å². The fourth-order valence-electron chi connectivity index (χ4n) is 2.03. The quantitative estimate of drug-likeness (QED) is 0.538. The Labute approximate surface area is 141 Å². The third-order valence-electron chi connectivity index (χ3n) is 3.26. The minimum Gasteiger partial charge on any atom is -0.396 e. The van der Waals surface area contributed by atoms with Gasteiger partial charge in [0.25, 0.3) is 11.8 Å². The number of aliphatic hydroxyl groups excluding tert-OH is 1. The predicted octanol–water partition coefficient (Wildman–Crippen LogP) is 1.96. The molecule has 124 valence electrons. The largest absolute Gasteiger partial charge is 0.396 e. The summed E-state index contributed by atoms with van der Waals surface area (Å²) < 4.78 is 0. The second-order valence-electron chi connectivity index (χ2n) is 5.12. The van der Waals surface area contributed by atoms with Crippen LogP contribution in [0.5, 0.6) is 0 Å². The van der Waals surface area contributed by atoms with Gasteiger partial charge < -0.3 is 15.7 Å². The van der Waals surface area contributed by atoms with Crippen molar-refractivity contribution in [2.45, 2.75) is 6.42 Å². The van der Waals surface area contributed by atoms with Gasteiger partial charge in [-0.2, -0.15) is 0 Å². The van der Waals surface area contributed by atoms with Gasteiger partial charge in [0.15, 0.2) is 0 Å². The van der Waals surface area contributed by atoms with Crippen LogP contribution >= 0.6 is 0 Å². The van der Waals surface area contributed by atoms with Crippen LogP contribution in [0.1, 0.15) is 22.3 Å². The van der Waals surface area contributed by atoms with E-state index in [9.17, 15) is 9.59 Å². The molecule has 0 saturated heterocycles. The lowest BCUT2D eigenvalue weighted by Crippen LogP contribution is -2.35. The summed E-state index contributed by atoms with van der Waals surface area (Å²) in [6.07, 6.45) is 2.08. The maximum atomic E-state index is 12.3. The third-order valence-corrected chi connectivity index (χ3v) is 3.26. The van der Waals surface area contributed by atoms with E-state index in [1.54, 1.807) is 30.3 Å². The van der Waals surface area contributed by atoms with Gasteiger partial charge >= 0.3 is 0 Å². The van der Waals surface area contributed by atoms with E-state index >= 15 is 0 Å². The monoisotopic (exact) mass is 324 g/mol. The van der Waals surface area contributed by atoms with Crippen LogP contribution < -0.4 is 10.6 Å². The highest BCUT2D eigenvalue weighted by atomic mass is 16.3. The van der Waals surface area contributed by atoms with Gasteiger partial charge in [-0.15, -0.1) is 0 Å². The zero-order valence-corrected chi connectivity index (χ0v) is 13.2. The van der Waals surface area contributed by atoms with Crippen molar-refractivity contribution in [1.82, 2.24) is 10.6 Å². The van der Waals surface area contributed by atoms with Crippen LogP contribution in [0.4, 0.5) is 0 Å². The summed E-state index contributed by atoms with van der Waals surface area (Å²) in [6.45, 7) is 0.330. The number of hydrogen-bond donors (Lipinski definition) is 3.